The molecule has 2 aromatic heterocycles. The van der Waals surface area contributed by atoms with Gasteiger partial charge in [0.1, 0.15) is 24.1 Å². The van der Waals surface area contributed by atoms with Crippen LogP contribution in [0.25, 0.3) is 11.1 Å². The van der Waals surface area contributed by atoms with Crippen LogP contribution < -0.4 is 31.4 Å². The lowest BCUT2D eigenvalue weighted by molar-refractivity contribution is -0.657. The predicted molar refractivity (Wildman–Crippen MR) is 172 cm³/mol. The van der Waals surface area contributed by atoms with Crippen molar-refractivity contribution in [3.8, 4) is 16.9 Å². The number of carbonyl (C=O) groups is 3. The van der Waals surface area contributed by atoms with Gasteiger partial charge in [-0.25, -0.2) is 14.3 Å². The molecule has 1 fully saturated rings. The van der Waals surface area contributed by atoms with E-state index < -0.39 is 58.2 Å². The van der Waals surface area contributed by atoms with Crippen LogP contribution in [-0.4, -0.2) is 89.0 Å². The van der Waals surface area contributed by atoms with E-state index in [0.29, 0.717) is 17.4 Å². The zero-order chi connectivity index (χ0) is 35.2. The summed E-state index contributed by atoms with van der Waals surface area (Å²) in [5.41, 5.74) is 11.1. The molecule has 0 saturated carbocycles. The normalized spacial score (nSPS) is 16.5. The van der Waals surface area contributed by atoms with Gasteiger partial charge < -0.3 is 31.5 Å². The van der Waals surface area contributed by atoms with E-state index in [1.54, 1.807) is 12.1 Å². The Bertz CT molecular complexity index is 1800. The number of thiazole rings is 1. The number of hydrogen-bond acceptors (Lipinski definition) is 14. The third-order valence-corrected chi connectivity index (χ3v) is 8.08. The predicted octanol–water partition coefficient (Wildman–Crippen LogP) is 0.0704. The maximum absolute atomic E-state index is 13.2. The van der Waals surface area contributed by atoms with Crippen molar-refractivity contribution in [2.24, 2.45) is 17.9 Å². The Hall–Kier alpha value is -4.89. The zero-order valence-electron chi connectivity index (χ0n) is 26.0. The maximum Gasteiger partial charge on any atom is 0.418 e. The van der Waals surface area contributed by atoms with Gasteiger partial charge in [-0.2, -0.15) is 13.5 Å². The van der Waals surface area contributed by atoms with Gasteiger partial charge in [-0.15, -0.1) is 15.6 Å². The van der Waals surface area contributed by atoms with E-state index in [-0.39, 0.29) is 10.8 Å². The van der Waals surface area contributed by atoms with E-state index in [2.05, 4.69) is 25.1 Å². The number of aromatic nitrogens is 2. The van der Waals surface area contributed by atoms with Gasteiger partial charge in [-0.3, -0.25) is 19.5 Å². The number of nitrogens with two attached hydrogens (primary N) is 2. The van der Waals surface area contributed by atoms with Crippen LogP contribution >= 0.6 is 11.3 Å². The lowest BCUT2D eigenvalue weighted by Crippen LogP contribution is -2.76. The van der Waals surface area contributed by atoms with Crippen molar-refractivity contribution in [3.63, 3.8) is 0 Å². The molecule has 3 heterocycles. The van der Waals surface area contributed by atoms with Crippen molar-refractivity contribution < 1.29 is 50.9 Å². The van der Waals surface area contributed by atoms with Gasteiger partial charge in [0, 0.05) is 11.4 Å². The third-order valence-electron chi connectivity index (χ3n) is 7.07. The number of aliphatic carboxylic acids is 1. The molecule has 3 aromatic rings. The van der Waals surface area contributed by atoms with E-state index in [0.717, 1.165) is 41.2 Å². The summed E-state index contributed by atoms with van der Waals surface area (Å²) in [6, 6.07) is 9.56. The number of nitrogens with one attached hydrogen (secondary N) is 2. The SMILES string of the molecule is C[n+]1ccc(-c2ccc(OCC(O/N=C(\C(=O)N[C@@H]3C(=O)N(OS(=O)(=O)O)C3(C)C)c3csc(N)n3)C(=O)O)cc2)cc1NCCCN. The number of nitrogen functional groups attached to an aromatic ring is 1. The van der Waals surface area contributed by atoms with Gasteiger partial charge in [0.2, 0.25) is 0 Å². The summed E-state index contributed by atoms with van der Waals surface area (Å²) >= 11 is 0.959. The topological polar surface area (TPSA) is 262 Å². The first-order chi connectivity index (χ1) is 22.6. The number of carboxylic acids is 1. The van der Waals surface area contributed by atoms with Crippen molar-refractivity contribution in [1.29, 1.82) is 0 Å². The first-order valence-corrected chi connectivity index (χ1v) is 16.5. The molecular formula is C28H35N8O10S2+. The number of benzene rings is 1. The van der Waals surface area contributed by atoms with Gasteiger partial charge in [-0.1, -0.05) is 17.3 Å². The Morgan fingerprint density at radius 2 is 1.94 bits per heavy atom. The second-order valence-corrected chi connectivity index (χ2v) is 12.8. The van der Waals surface area contributed by atoms with Crippen molar-refractivity contribution in [2.75, 3.05) is 30.7 Å². The van der Waals surface area contributed by atoms with Crippen LogP contribution in [0.5, 0.6) is 5.75 Å². The number of ether oxygens (including phenoxy) is 1. The highest BCUT2D eigenvalue weighted by molar-refractivity contribution is 7.80. The lowest BCUT2D eigenvalue weighted by Gasteiger charge is -2.50. The van der Waals surface area contributed by atoms with Gasteiger partial charge in [0.25, 0.3) is 23.7 Å². The first-order valence-electron chi connectivity index (χ1n) is 14.3. The van der Waals surface area contributed by atoms with E-state index in [1.165, 1.54) is 19.2 Å². The summed E-state index contributed by atoms with van der Waals surface area (Å²) in [4.78, 5) is 46.9. The van der Waals surface area contributed by atoms with Crippen LogP contribution in [-0.2, 0) is 41.0 Å². The maximum atomic E-state index is 13.2. The molecule has 1 aliphatic heterocycles. The Kier molecular flexibility index (Phi) is 11.2. The number of carbonyl (C=O) groups excluding carboxylic acids is 2. The number of amides is 2. The average molecular weight is 708 g/mol. The average Bonchev–Trinajstić information content (AvgIpc) is 3.46. The number of hydrogen-bond donors (Lipinski definition) is 6. The van der Waals surface area contributed by atoms with E-state index in [1.807, 2.05) is 42.1 Å². The van der Waals surface area contributed by atoms with Crippen molar-refractivity contribution in [2.45, 2.75) is 38.0 Å². The molecule has 2 amide bonds. The minimum absolute atomic E-state index is 0.0586. The van der Waals surface area contributed by atoms with E-state index >= 15 is 0 Å². The molecule has 0 spiro atoms. The molecular weight excluding hydrogens is 672 g/mol. The molecule has 1 aromatic carbocycles. The minimum atomic E-state index is -5.02. The van der Waals surface area contributed by atoms with Gasteiger partial charge >= 0.3 is 16.4 Å². The van der Waals surface area contributed by atoms with Crippen molar-refractivity contribution in [1.82, 2.24) is 15.4 Å². The lowest BCUT2D eigenvalue weighted by atomic mass is 9.84. The molecule has 4 rings (SSSR count). The number of hydroxylamine groups is 2. The molecule has 0 radical (unpaired) electrons. The summed E-state index contributed by atoms with van der Waals surface area (Å²) in [5.74, 6) is -2.22. The van der Waals surface area contributed by atoms with Crippen molar-refractivity contribution in [3.05, 3.63) is 53.7 Å². The van der Waals surface area contributed by atoms with Gasteiger partial charge in [-0.05, 0) is 56.1 Å². The van der Waals surface area contributed by atoms with Gasteiger partial charge in [0.05, 0.1) is 25.3 Å². The van der Waals surface area contributed by atoms with E-state index in [9.17, 15) is 27.9 Å². The monoisotopic (exact) mass is 707 g/mol. The summed E-state index contributed by atoms with van der Waals surface area (Å²) in [6.45, 7) is 3.53. The van der Waals surface area contributed by atoms with Crippen LogP contribution in [0.2, 0.25) is 0 Å². The fraction of sp³-hybridized carbons (Fsp3) is 0.357. The van der Waals surface area contributed by atoms with E-state index in [4.69, 9.17) is 25.6 Å². The smallest absolute Gasteiger partial charge is 0.418 e. The largest absolute Gasteiger partial charge is 0.489 e. The van der Waals surface area contributed by atoms with Crippen molar-refractivity contribution >= 4 is 56.2 Å². The summed E-state index contributed by atoms with van der Waals surface area (Å²) in [7, 11) is -3.09. The highest BCUT2D eigenvalue weighted by Gasteiger charge is 2.58. The molecule has 48 heavy (non-hydrogen) atoms. The molecule has 8 N–H and O–H groups in total. The highest BCUT2D eigenvalue weighted by Crippen LogP contribution is 2.33. The number of aryl methyl sites for hydroxylation is 1. The van der Waals surface area contributed by atoms with Crippen LogP contribution in [0.15, 0.2) is 53.1 Å². The molecule has 1 unspecified atom stereocenters. The number of oxime groups is 1. The standard InChI is InChI=1S/C28H34N8O10S2/c1-28(2)23(25(38)36(28)46-48(41,42)43)33-24(37)22(19-15-47-27(30)32-19)34-45-20(26(39)40)14-44-18-7-5-16(6-8-18)17-9-12-35(3)21(13-17)31-11-4-10-29/h5-9,12-13,15,20,23H,4,10-11,14,29H2,1-3H3,(H5,30,32,33,37,39,40,41,42,43)/p+1/b34-22-/t20?,23-/m1/s1. The third kappa shape index (κ3) is 8.72. The van der Waals surface area contributed by atoms with Gasteiger partial charge in [0.15, 0.2) is 10.8 Å². The quantitative estimate of drug-likeness (QED) is 0.0288. The molecule has 0 bridgehead atoms. The van der Waals surface area contributed by atoms with Crippen LogP contribution in [0.4, 0.5) is 10.9 Å². The molecule has 18 nitrogen and oxygen atoms in total. The fourth-order valence-electron chi connectivity index (χ4n) is 4.44. The first kappa shape index (κ1) is 36.0. The number of anilines is 2. The fourth-order valence-corrected chi connectivity index (χ4v) is 5.44. The Morgan fingerprint density at radius 3 is 2.52 bits per heavy atom. The number of rotatable bonds is 16. The number of carboxylic acid groups (broad SMARTS) is 1. The zero-order valence-corrected chi connectivity index (χ0v) is 27.7. The number of nitrogens with zero attached hydrogens (tertiary/aromatic N) is 4. The Labute approximate surface area is 279 Å². The van der Waals surface area contributed by atoms with Crippen LogP contribution in [0.3, 0.4) is 0 Å². The Morgan fingerprint density at radius 1 is 1.23 bits per heavy atom. The number of pyridine rings is 1. The number of β-lactam (4-membered cyclic amide) rings is 1. The summed E-state index contributed by atoms with van der Waals surface area (Å²) < 4.78 is 43.0. The van der Waals surface area contributed by atoms with Crippen LogP contribution in [0, 0.1) is 0 Å². The molecule has 0 aliphatic carbocycles. The minimum Gasteiger partial charge on any atom is -0.489 e. The molecule has 1 saturated heterocycles. The Balaban J connectivity index is 1.44. The molecule has 20 heteroatoms. The summed E-state index contributed by atoms with van der Waals surface area (Å²) in [5, 5.41) is 21.0. The second kappa shape index (κ2) is 14.9. The molecule has 258 valence electrons. The highest BCUT2D eigenvalue weighted by atomic mass is 32.3. The summed E-state index contributed by atoms with van der Waals surface area (Å²) in [6.07, 6.45) is 1.07. The molecule has 1 aliphatic rings. The second-order valence-electron chi connectivity index (χ2n) is 11.0. The molecule has 2 atom stereocenters. The van der Waals surface area contributed by atoms with Crippen LogP contribution in [0.1, 0.15) is 26.0 Å².